The van der Waals surface area contributed by atoms with Crippen molar-refractivity contribution in [3.05, 3.63) is 48.2 Å². The van der Waals surface area contributed by atoms with Crippen LogP contribution in [0, 0.1) is 11.8 Å². The Kier molecular flexibility index (Phi) is 4.99. The van der Waals surface area contributed by atoms with Crippen LogP contribution in [0.5, 0.6) is 11.5 Å². The van der Waals surface area contributed by atoms with Gasteiger partial charge < -0.3 is 18.8 Å². The molecule has 5 nitrogen and oxygen atoms in total. The van der Waals surface area contributed by atoms with Crippen molar-refractivity contribution in [3.8, 4) is 22.6 Å². The number of carbonyl (C=O) groups is 1. The Morgan fingerprint density at radius 3 is 2.60 bits per heavy atom. The highest BCUT2D eigenvalue weighted by Crippen LogP contribution is 2.39. The molecule has 0 spiro atoms. The molecule has 0 N–H and O–H groups in total. The maximum atomic E-state index is 13.1. The minimum Gasteiger partial charge on any atom is -0.497 e. The highest BCUT2D eigenvalue weighted by Gasteiger charge is 2.35. The van der Waals surface area contributed by atoms with E-state index < -0.39 is 0 Å². The van der Waals surface area contributed by atoms with E-state index in [0.29, 0.717) is 29.6 Å². The zero-order chi connectivity index (χ0) is 20.7. The summed E-state index contributed by atoms with van der Waals surface area (Å²) in [7, 11) is 3.29. The number of hydrogen-bond acceptors (Lipinski definition) is 5. The monoisotopic (exact) mass is 405 g/mol. The molecule has 1 atom stereocenters. The van der Waals surface area contributed by atoms with Gasteiger partial charge in [0.1, 0.15) is 17.1 Å². The third-order valence-corrected chi connectivity index (χ3v) is 6.75. The van der Waals surface area contributed by atoms with Crippen LogP contribution in [0.15, 0.2) is 46.9 Å². The van der Waals surface area contributed by atoms with Crippen LogP contribution in [-0.4, -0.2) is 44.5 Å². The zero-order valence-corrected chi connectivity index (χ0v) is 17.5. The Bertz CT molecular complexity index is 1080. The van der Waals surface area contributed by atoms with Gasteiger partial charge in [-0.25, -0.2) is 0 Å². The number of hydrogen-bond donors (Lipinski definition) is 0. The SMILES string of the molecule is COc1ccc(OC)c(-c2cccc3cc(C(=O)C[C@H]4CN5CCC4CC5)oc23)c1. The van der Waals surface area contributed by atoms with E-state index in [1.165, 1.54) is 25.9 Å². The summed E-state index contributed by atoms with van der Waals surface area (Å²) in [5.74, 6) is 3.17. The van der Waals surface area contributed by atoms with Gasteiger partial charge in [-0.05, 0) is 62.0 Å². The fraction of sp³-hybridized carbons (Fsp3) is 0.400. The second-order valence-corrected chi connectivity index (χ2v) is 8.43. The molecule has 2 bridgehead atoms. The first-order chi connectivity index (χ1) is 14.7. The summed E-state index contributed by atoms with van der Waals surface area (Å²) >= 11 is 0. The van der Waals surface area contributed by atoms with E-state index in [4.69, 9.17) is 13.9 Å². The molecule has 0 unspecified atom stereocenters. The third kappa shape index (κ3) is 3.37. The van der Waals surface area contributed by atoms with Gasteiger partial charge in [-0.2, -0.15) is 0 Å². The first kappa shape index (κ1) is 19.2. The average Bonchev–Trinajstić information content (AvgIpc) is 3.24. The maximum absolute atomic E-state index is 13.1. The van der Waals surface area contributed by atoms with Crippen LogP contribution in [0.3, 0.4) is 0 Å². The van der Waals surface area contributed by atoms with E-state index in [9.17, 15) is 4.79 Å². The quantitative estimate of drug-likeness (QED) is 0.538. The standard InChI is InChI=1S/C25H27NO4/c1-28-19-6-7-23(29-2)21(14-19)20-5-3-4-17-13-24(30-25(17)20)22(27)12-18-15-26-10-8-16(18)9-11-26/h3-7,13-14,16,18H,8-12,15H2,1-2H3/t18-/m0/s1. The number of methoxy groups -OCH3 is 2. The zero-order valence-electron chi connectivity index (χ0n) is 17.5. The highest BCUT2D eigenvalue weighted by molar-refractivity contribution is 6.01. The minimum absolute atomic E-state index is 0.105. The lowest BCUT2D eigenvalue weighted by atomic mass is 9.76. The molecule has 3 aliphatic heterocycles. The van der Waals surface area contributed by atoms with E-state index in [1.54, 1.807) is 14.2 Å². The number of carbonyl (C=O) groups excluding carboxylic acids is 1. The van der Waals surface area contributed by atoms with Crippen LogP contribution >= 0.6 is 0 Å². The number of nitrogens with zero attached hydrogens (tertiary/aromatic N) is 1. The molecule has 0 amide bonds. The van der Waals surface area contributed by atoms with Crippen molar-refractivity contribution in [1.29, 1.82) is 0 Å². The van der Waals surface area contributed by atoms with Gasteiger partial charge in [0.05, 0.1) is 14.2 Å². The summed E-state index contributed by atoms with van der Waals surface area (Å²) in [4.78, 5) is 15.6. The summed E-state index contributed by atoms with van der Waals surface area (Å²) < 4.78 is 17.1. The number of Topliss-reactive ketones (excluding diaryl/α,β-unsaturated/α-hetero) is 1. The summed E-state index contributed by atoms with van der Waals surface area (Å²) in [6, 6.07) is 13.5. The maximum Gasteiger partial charge on any atom is 0.198 e. The number of piperidine rings is 3. The van der Waals surface area contributed by atoms with Crippen molar-refractivity contribution in [2.75, 3.05) is 33.9 Å². The van der Waals surface area contributed by atoms with Gasteiger partial charge in [0.2, 0.25) is 0 Å². The van der Waals surface area contributed by atoms with Crippen molar-refractivity contribution < 1.29 is 18.7 Å². The Morgan fingerprint density at radius 2 is 1.90 bits per heavy atom. The summed E-state index contributed by atoms with van der Waals surface area (Å²) in [5, 5.41) is 0.926. The molecule has 3 aliphatic rings. The van der Waals surface area contributed by atoms with Crippen molar-refractivity contribution in [2.45, 2.75) is 19.3 Å². The molecule has 0 saturated carbocycles. The van der Waals surface area contributed by atoms with Gasteiger partial charge in [-0.15, -0.1) is 0 Å². The molecular formula is C25H27NO4. The van der Waals surface area contributed by atoms with E-state index >= 15 is 0 Å². The number of ketones is 1. The van der Waals surface area contributed by atoms with Gasteiger partial charge in [0.15, 0.2) is 11.5 Å². The van der Waals surface area contributed by atoms with Gasteiger partial charge in [-0.1, -0.05) is 18.2 Å². The molecule has 0 radical (unpaired) electrons. The van der Waals surface area contributed by atoms with Crippen molar-refractivity contribution in [1.82, 2.24) is 4.90 Å². The van der Waals surface area contributed by atoms with E-state index in [2.05, 4.69) is 4.90 Å². The normalized spacial score (nSPS) is 22.9. The Labute approximate surface area is 176 Å². The average molecular weight is 405 g/mol. The number of benzene rings is 2. The molecule has 30 heavy (non-hydrogen) atoms. The smallest absolute Gasteiger partial charge is 0.198 e. The van der Waals surface area contributed by atoms with Gasteiger partial charge in [-0.3, -0.25) is 4.79 Å². The first-order valence-corrected chi connectivity index (χ1v) is 10.7. The van der Waals surface area contributed by atoms with Crippen molar-refractivity contribution in [3.63, 3.8) is 0 Å². The molecule has 1 aromatic heterocycles. The van der Waals surface area contributed by atoms with Crippen LogP contribution in [-0.2, 0) is 0 Å². The van der Waals surface area contributed by atoms with Crippen molar-refractivity contribution in [2.24, 2.45) is 11.8 Å². The minimum atomic E-state index is 0.105. The molecule has 6 rings (SSSR count). The van der Waals surface area contributed by atoms with E-state index in [-0.39, 0.29) is 5.78 Å². The lowest BCUT2D eigenvalue weighted by Crippen LogP contribution is -2.47. The first-order valence-electron chi connectivity index (χ1n) is 10.7. The number of fused-ring (bicyclic) bond motifs is 4. The number of furan rings is 1. The fourth-order valence-electron chi connectivity index (χ4n) is 5.09. The van der Waals surface area contributed by atoms with Crippen LogP contribution in [0.4, 0.5) is 0 Å². The number of rotatable bonds is 6. The predicted molar refractivity (Wildman–Crippen MR) is 116 cm³/mol. The van der Waals surface area contributed by atoms with Crippen LogP contribution < -0.4 is 9.47 Å². The van der Waals surface area contributed by atoms with Crippen molar-refractivity contribution >= 4 is 16.8 Å². The Hall–Kier alpha value is -2.79. The summed E-state index contributed by atoms with van der Waals surface area (Å²) in [6.45, 7) is 3.42. The van der Waals surface area contributed by atoms with E-state index in [1.807, 2.05) is 42.5 Å². The summed E-state index contributed by atoms with van der Waals surface area (Å²) in [6.07, 6.45) is 3.01. The van der Waals surface area contributed by atoms with E-state index in [0.717, 1.165) is 34.6 Å². The third-order valence-electron chi connectivity index (χ3n) is 6.75. The molecule has 2 aromatic carbocycles. The Balaban J connectivity index is 1.48. The molecule has 4 heterocycles. The largest absolute Gasteiger partial charge is 0.497 e. The van der Waals surface area contributed by atoms with Crippen LogP contribution in [0.1, 0.15) is 29.8 Å². The van der Waals surface area contributed by atoms with Gasteiger partial charge in [0.25, 0.3) is 0 Å². The number of ether oxygens (including phenoxy) is 2. The lowest BCUT2D eigenvalue weighted by Gasteiger charge is -2.44. The second-order valence-electron chi connectivity index (χ2n) is 8.43. The van der Waals surface area contributed by atoms with Crippen LogP contribution in [0.25, 0.3) is 22.1 Å². The fourth-order valence-corrected chi connectivity index (χ4v) is 5.09. The highest BCUT2D eigenvalue weighted by atomic mass is 16.5. The molecule has 156 valence electrons. The topological polar surface area (TPSA) is 51.9 Å². The molecule has 3 aromatic rings. The Morgan fingerprint density at radius 1 is 1.07 bits per heavy atom. The predicted octanol–water partition coefficient (Wildman–Crippen LogP) is 5.03. The lowest BCUT2D eigenvalue weighted by molar-refractivity contribution is 0.0433. The molecule has 5 heteroatoms. The number of para-hydroxylation sites is 1. The summed E-state index contributed by atoms with van der Waals surface area (Å²) in [5.41, 5.74) is 2.49. The second kappa shape index (κ2) is 7.80. The molecular weight excluding hydrogens is 378 g/mol. The molecule has 3 saturated heterocycles. The van der Waals surface area contributed by atoms with Gasteiger partial charge in [0, 0.05) is 29.5 Å². The molecule has 0 aliphatic carbocycles. The van der Waals surface area contributed by atoms with Crippen LogP contribution in [0.2, 0.25) is 0 Å². The molecule has 3 fully saturated rings. The van der Waals surface area contributed by atoms with Gasteiger partial charge >= 0.3 is 0 Å².